The van der Waals surface area contributed by atoms with E-state index in [-0.39, 0.29) is 0 Å². The molecule has 2 N–H and O–H groups in total. The summed E-state index contributed by atoms with van der Waals surface area (Å²) in [5.41, 5.74) is 7.99. The van der Waals surface area contributed by atoms with Gasteiger partial charge in [-0.2, -0.15) is 0 Å². The summed E-state index contributed by atoms with van der Waals surface area (Å²) >= 11 is 0. The largest absolute Gasteiger partial charge is 0.399 e. The molecule has 0 radical (unpaired) electrons. The Hall–Kier alpha value is -1.02. The first kappa shape index (κ1) is 14.4. The summed E-state index contributed by atoms with van der Waals surface area (Å²) in [6.07, 6.45) is 6.94. The molecule has 1 aliphatic carbocycles. The van der Waals surface area contributed by atoms with Crippen molar-refractivity contribution in [3.05, 3.63) is 29.8 Å². The summed E-state index contributed by atoms with van der Waals surface area (Å²) < 4.78 is 0. The first-order chi connectivity index (χ1) is 9.22. The fraction of sp³-hybridized carbons (Fsp3) is 0.647. The standard InChI is InChI=1S/C17H28N2/c1-3-14-7-11-17(12-8-14)19(4-2)13-15-5-9-16(18)10-6-15/h5-6,9-10,14,17H,3-4,7-8,11-13,18H2,1-2H3. The molecule has 0 amide bonds. The van der Waals surface area contributed by atoms with Crippen LogP contribution in [0.5, 0.6) is 0 Å². The number of anilines is 1. The Morgan fingerprint density at radius 3 is 2.21 bits per heavy atom. The molecular formula is C17H28N2. The Kier molecular flexibility index (Phi) is 5.26. The Morgan fingerprint density at radius 2 is 1.68 bits per heavy atom. The van der Waals surface area contributed by atoms with Crippen molar-refractivity contribution in [2.45, 2.75) is 58.5 Å². The fourth-order valence-electron chi connectivity index (χ4n) is 3.27. The van der Waals surface area contributed by atoms with E-state index < -0.39 is 0 Å². The van der Waals surface area contributed by atoms with E-state index in [4.69, 9.17) is 5.73 Å². The van der Waals surface area contributed by atoms with Crippen LogP contribution >= 0.6 is 0 Å². The van der Waals surface area contributed by atoms with Crippen molar-refractivity contribution in [1.82, 2.24) is 4.90 Å². The molecule has 0 aromatic heterocycles. The van der Waals surface area contributed by atoms with Crippen LogP contribution in [0.4, 0.5) is 5.69 Å². The summed E-state index contributed by atoms with van der Waals surface area (Å²) in [7, 11) is 0. The molecule has 2 rings (SSSR count). The molecule has 1 aromatic rings. The molecule has 0 unspecified atom stereocenters. The summed E-state index contributed by atoms with van der Waals surface area (Å²) in [5, 5.41) is 0. The van der Waals surface area contributed by atoms with Gasteiger partial charge in [-0.25, -0.2) is 0 Å². The van der Waals surface area contributed by atoms with Crippen LogP contribution in [0.1, 0.15) is 51.5 Å². The molecule has 19 heavy (non-hydrogen) atoms. The number of nitrogens with two attached hydrogens (primary N) is 1. The van der Waals surface area contributed by atoms with Crippen LogP contribution in [0.3, 0.4) is 0 Å². The molecule has 2 heteroatoms. The Balaban J connectivity index is 1.91. The van der Waals surface area contributed by atoms with Crippen LogP contribution in [0.15, 0.2) is 24.3 Å². The molecule has 1 aliphatic rings. The Labute approximate surface area is 118 Å². The third kappa shape index (κ3) is 3.97. The zero-order chi connectivity index (χ0) is 13.7. The maximum Gasteiger partial charge on any atom is 0.0314 e. The van der Waals surface area contributed by atoms with Gasteiger partial charge in [-0.05, 0) is 55.8 Å². The third-order valence-electron chi connectivity index (χ3n) is 4.68. The molecule has 0 atom stereocenters. The van der Waals surface area contributed by atoms with E-state index in [1.807, 2.05) is 12.1 Å². The SMILES string of the molecule is CCC1CCC(N(CC)Cc2ccc(N)cc2)CC1. The van der Waals surface area contributed by atoms with Gasteiger partial charge in [0, 0.05) is 18.3 Å². The van der Waals surface area contributed by atoms with E-state index in [0.29, 0.717) is 0 Å². The lowest BCUT2D eigenvalue weighted by molar-refractivity contribution is 0.134. The van der Waals surface area contributed by atoms with Crippen LogP contribution in [0, 0.1) is 5.92 Å². The molecule has 2 nitrogen and oxygen atoms in total. The highest BCUT2D eigenvalue weighted by Gasteiger charge is 2.24. The highest BCUT2D eigenvalue weighted by molar-refractivity contribution is 5.39. The van der Waals surface area contributed by atoms with E-state index in [2.05, 4.69) is 30.9 Å². The highest BCUT2D eigenvalue weighted by atomic mass is 15.1. The lowest BCUT2D eigenvalue weighted by Crippen LogP contribution is -2.37. The summed E-state index contributed by atoms with van der Waals surface area (Å²) in [4.78, 5) is 2.64. The van der Waals surface area contributed by atoms with Gasteiger partial charge in [-0.15, -0.1) is 0 Å². The number of benzene rings is 1. The Morgan fingerprint density at radius 1 is 1.05 bits per heavy atom. The number of hydrogen-bond acceptors (Lipinski definition) is 2. The van der Waals surface area contributed by atoms with Gasteiger partial charge in [0.1, 0.15) is 0 Å². The van der Waals surface area contributed by atoms with Crippen molar-refractivity contribution in [2.75, 3.05) is 12.3 Å². The topological polar surface area (TPSA) is 29.3 Å². The van der Waals surface area contributed by atoms with Gasteiger partial charge < -0.3 is 5.73 Å². The summed E-state index contributed by atoms with van der Waals surface area (Å²) in [6.45, 7) is 6.82. The average Bonchev–Trinajstić information content (AvgIpc) is 2.47. The van der Waals surface area contributed by atoms with Crippen molar-refractivity contribution < 1.29 is 0 Å². The second-order valence-corrected chi connectivity index (χ2v) is 5.89. The molecule has 0 bridgehead atoms. The fourth-order valence-corrected chi connectivity index (χ4v) is 3.27. The molecule has 0 aliphatic heterocycles. The second-order valence-electron chi connectivity index (χ2n) is 5.89. The maximum atomic E-state index is 5.75. The van der Waals surface area contributed by atoms with E-state index in [1.54, 1.807) is 0 Å². The normalized spacial score (nSPS) is 23.7. The van der Waals surface area contributed by atoms with Crippen LogP contribution in [-0.2, 0) is 6.54 Å². The molecule has 106 valence electrons. The van der Waals surface area contributed by atoms with E-state index >= 15 is 0 Å². The molecule has 1 saturated carbocycles. The van der Waals surface area contributed by atoms with Crippen LogP contribution < -0.4 is 5.73 Å². The van der Waals surface area contributed by atoms with Crippen molar-refractivity contribution in [3.63, 3.8) is 0 Å². The molecule has 1 fully saturated rings. The smallest absolute Gasteiger partial charge is 0.0314 e. The van der Waals surface area contributed by atoms with Gasteiger partial charge in [0.15, 0.2) is 0 Å². The molecule has 0 saturated heterocycles. The Bertz CT molecular complexity index is 363. The predicted octanol–water partition coefficient (Wildman–Crippen LogP) is 4.06. The van der Waals surface area contributed by atoms with Crippen LogP contribution in [-0.4, -0.2) is 17.5 Å². The molecule has 0 spiro atoms. The van der Waals surface area contributed by atoms with E-state index in [9.17, 15) is 0 Å². The van der Waals surface area contributed by atoms with Crippen molar-refractivity contribution in [1.29, 1.82) is 0 Å². The van der Waals surface area contributed by atoms with Crippen molar-refractivity contribution in [3.8, 4) is 0 Å². The number of hydrogen-bond donors (Lipinski definition) is 1. The minimum absolute atomic E-state index is 0.783. The van der Waals surface area contributed by atoms with Gasteiger partial charge in [0.2, 0.25) is 0 Å². The first-order valence-corrected chi connectivity index (χ1v) is 7.81. The van der Waals surface area contributed by atoms with Crippen molar-refractivity contribution >= 4 is 5.69 Å². The lowest BCUT2D eigenvalue weighted by atomic mass is 9.84. The molecule has 1 aromatic carbocycles. The quantitative estimate of drug-likeness (QED) is 0.809. The summed E-state index contributed by atoms with van der Waals surface area (Å²) in [6, 6.07) is 9.13. The van der Waals surface area contributed by atoms with Gasteiger partial charge in [0.25, 0.3) is 0 Å². The minimum Gasteiger partial charge on any atom is -0.399 e. The molecular weight excluding hydrogens is 232 g/mol. The van der Waals surface area contributed by atoms with Gasteiger partial charge in [0.05, 0.1) is 0 Å². The van der Waals surface area contributed by atoms with Gasteiger partial charge in [-0.3, -0.25) is 4.90 Å². The third-order valence-corrected chi connectivity index (χ3v) is 4.68. The number of nitrogens with zero attached hydrogens (tertiary/aromatic N) is 1. The monoisotopic (exact) mass is 260 g/mol. The number of rotatable bonds is 5. The average molecular weight is 260 g/mol. The van der Waals surface area contributed by atoms with Crippen LogP contribution in [0.2, 0.25) is 0 Å². The predicted molar refractivity (Wildman–Crippen MR) is 83.0 cm³/mol. The summed E-state index contributed by atoms with van der Waals surface area (Å²) in [5.74, 6) is 0.978. The number of nitrogen functional groups attached to an aromatic ring is 1. The highest BCUT2D eigenvalue weighted by Crippen LogP contribution is 2.30. The molecule has 0 heterocycles. The van der Waals surface area contributed by atoms with E-state index in [1.165, 1.54) is 37.7 Å². The van der Waals surface area contributed by atoms with Crippen molar-refractivity contribution in [2.24, 2.45) is 5.92 Å². The second kappa shape index (κ2) is 6.95. The zero-order valence-electron chi connectivity index (χ0n) is 12.4. The lowest BCUT2D eigenvalue weighted by Gasteiger charge is -2.36. The minimum atomic E-state index is 0.783. The maximum absolute atomic E-state index is 5.75. The first-order valence-electron chi connectivity index (χ1n) is 7.81. The zero-order valence-corrected chi connectivity index (χ0v) is 12.4. The van der Waals surface area contributed by atoms with Crippen LogP contribution in [0.25, 0.3) is 0 Å². The van der Waals surface area contributed by atoms with E-state index in [0.717, 1.165) is 30.7 Å². The van der Waals surface area contributed by atoms with Gasteiger partial charge >= 0.3 is 0 Å². The van der Waals surface area contributed by atoms with Gasteiger partial charge in [-0.1, -0.05) is 32.4 Å².